The first kappa shape index (κ1) is 11.8. The molecule has 1 aliphatic heterocycles. The number of esters is 1. The van der Waals surface area contributed by atoms with E-state index in [-0.39, 0.29) is 5.97 Å². The van der Waals surface area contributed by atoms with E-state index in [1.165, 1.54) is 12.8 Å². The van der Waals surface area contributed by atoms with Crippen molar-refractivity contribution in [2.24, 2.45) is 0 Å². The summed E-state index contributed by atoms with van der Waals surface area (Å²) in [5, 5.41) is 3.31. The van der Waals surface area contributed by atoms with Crippen molar-refractivity contribution in [3.8, 4) is 0 Å². The maximum absolute atomic E-state index is 11.1. The normalized spacial score (nSPS) is 18.9. The molecule has 5 heteroatoms. The Morgan fingerprint density at radius 3 is 3.21 bits per heavy atom. The van der Waals surface area contributed by atoms with Crippen molar-refractivity contribution < 1.29 is 9.53 Å². The van der Waals surface area contributed by atoms with Crippen LogP contribution in [0.5, 0.6) is 0 Å². The smallest absolute Gasteiger partial charge is 0.317 e. The van der Waals surface area contributed by atoms with Crippen LogP contribution >= 0.6 is 11.9 Å². The monoisotopic (exact) mass is 218 g/mol. The molecule has 0 bridgehead atoms. The molecule has 14 heavy (non-hydrogen) atoms. The zero-order chi connectivity index (χ0) is 10.2. The van der Waals surface area contributed by atoms with Crippen molar-refractivity contribution in [3.05, 3.63) is 0 Å². The second-order valence-electron chi connectivity index (χ2n) is 3.15. The van der Waals surface area contributed by atoms with Gasteiger partial charge in [0.2, 0.25) is 0 Å². The Morgan fingerprint density at radius 1 is 1.57 bits per heavy atom. The van der Waals surface area contributed by atoms with Gasteiger partial charge in [0.15, 0.2) is 0 Å². The average Bonchev–Trinajstić information content (AvgIpc) is 2.43. The molecular weight excluding hydrogens is 200 g/mol. The Morgan fingerprint density at radius 2 is 2.43 bits per heavy atom. The Hall–Kier alpha value is -0.260. The van der Waals surface area contributed by atoms with Gasteiger partial charge >= 0.3 is 5.97 Å². The van der Waals surface area contributed by atoms with Crippen molar-refractivity contribution >= 4 is 17.9 Å². The van der Waals surface area contributed by atoms with E-state index in [9.17, 15) is 4.79 Å². The average molecular weight is 218 g/mol. The summed E-state index contributed by atoms with van der Waals surface area (Å²) in [7, 11) is 0. The van der Waals surface area contributed by atoms with E-state index < -0.39 is 0 Å². The van der Waals surface area contributed by atoms with Gasteiger partial charge in [-0.3, -0.25) is 4.79 Å². The number of ether oxygens (including phenoxy) is 1. The molecule has 0 aromatic carbocycles. The molecule has 0 aromatic rings. The predicted molar refractivity (Wildman–Crippen MR) is 57.9 cm³/mol. The molecule has 0 aromatic heterocycles. The molecule has 4 nitrogen and oxygen atoms in total. The third kappa shape index (κ3) is 4.83. The molecule has 0 aliphatic carbocycles. The molecule has 1 rings (SSSR count). The van der Waals surface area contributed by atoms with Crippen LogP contribution in [0.25, 0.3) is 0 Å². The van der Waals surface area contributed by atoms with Gasteiger partial charge in [-0.2, -0.15) is 0 Å². The Balaban J connectivity index is 2.12. The molecular formula is C9H18N2O2S. The fourth-order valence-corrected chi connectivity index (χ4v) is 2.09. The molecule has 1 aliphatic rings. The second-order valence-corrected chi connectivity index (χ2v) is 4.21. The van der Waals surface area contributed by atoms with E-state index in [0.717, 1.165) is 19.8 Å². The van der Waals surface area contributed by atoms with Gasteiger partial charge < -0.3 is 10.1 Å². The van der Waals surface area contributed by atoms with E-state index in [4.69, 9.17) is 4.74 Å². The Kier molecular flexibility index (Phi) is 5.98. The fraction of sp³-hybridized carbons (Fsp3) is 0.889. The third-order valence-corrected chi connectivity index (χ3v) is 3.01. The van der Waals surface area contributed by atoms with E-state index in [2.05, 4.69) is 9.62 Å². The number of nitrogens with zero attached hydrogens (tertiary/aromatic N) is 1. The SMILES string of the molecule is CCOC(=O)CSN1CCCCNC1. The van der Waals surface area contributed by atoms with Crippen LogP contribution in [0, 0.1) is 0 Å². The molecule has 0 unspecified atom stereocenters. The van der Waals surface area contributed by atoms with Crippen molar-refractivity contribution in [2.75, 3.05) is 32.1 Å². The van der Waals surface area contributed by atoms with Gasteiger partial charge in [-0.05, 0) is 26.3 Å². The van der Waals surface area contributed by atoms with Gasteiger partial charge in [-0.15, -0.1) is 0 Å². The second kappa shape index (κ2) is 7.09. The van der Waals surface area contributed by atoms with E-state index in [1.54, 1.807) is 11.9 Å². The first-order valence-electron chi connectivity index (χ1n) is 5.07. The number of carbonyl (C=O) groups excluding carboxylic acids is 1. The minimum absolute atomic E-state index is 0.123. The lowest BCUT2D eigenvalue weighted by atomic mass is 10.3. The first-order valence-corrected chi connectivity index (χ1v) is 6.01. The van der Waals surface area contributed by atoms with Crippen LogP contribution in [0.3, 0.4) is 0 Å². The molecule has 1 saturated heterocycles. The summed E-state index contributed by atoms with van der Waals surface area (Å²) in [6.45, 7) is 5.30. The third-order valence-electron chi connectivity index (χ3n) is 1.97. The topological polar surface area (TPSA) is 41.6 Å². The summed E-state index contributed by atoms with van der Waals surface area (Å²) in [6, 6.07) is 0. The van der Waals surface area contributed by atoms with E-state index in [0.29, 0.717) is 12.4 Å². The van der Waals surface area contributed by atoms with Crippen LogP contribution in [0.15, 0.2) is 0 Å². The number of hydrogen-bond donors (Lipinski definition) is 1. The first-order chi connectivity index (χ1) is 6.83. The molecule has 0 radical (unpaired) electrons. The van der Waals surface area contributed by atoms with Gasteiger partial charge in [0.1, 0.15) is 5.75 Å². The Bertz CT molecular complexity index is 170. The van der Waals surface area contributed by atoms with Crippen molar-refractivity contribution in [1.82, 2.24) is 9.62 Å². The highest BCUT2D eigenvalue weighted by Gasteiger charge is 2.11. The van der Waals surface area contributed by atoms with Gasteiger partial charge in [-0.25, -0.2) is 4.31 Å². The van der Waals surface area contributed by atoms with Gasteiger partial charge in [0.25, 0.3) is 0 Å². The highest BCUT2D eigenvalue weighted by atomic mass is 32.2. The molecule has 82 valence electrons. The lowest BCUT2D eigenvalue weighted by Crippen LogP contribution is -2.28. The van der Waals surface area contributed by atoms with Crippen LogP contribution in [0.1, 0.15) is 19.8 Å². The fourth-order valence-electron chi connectivity index (χ4n) is 1.28. The number of carbonyl (C=O) groups is 1. The summed E-state index contributed by atoms with van der Waals surface area (Å²) < 4.78 is 7.04. The van der Waals surface area contributed by atoms with Crippen molar-refractivity contribution in [1.29, 1.82) is 0 Å². The molecule has 0 amide bonds. The maximum atomic E-state index is 11.1. The molecule has 0 saturated carbocycles. The predicted octanol–water partition coefficient (Wildman–Crippen LogP) is 0.841. The largest absolute Gasteiger partial charge is 0.465 e. The minimum atomic E-state index is -0.123. The Labute approximate surface area is 89.5 Å². The highest BCUT2D eigenvalue weighted by molar-refractivity contribution is 7.97. The quantitative estimate of drug-likeness (QED) is 0.559. The lowest BCUT2D eigenvalue weighted by molar-refractivity contribution is -0.139. The van der Waals surface area contributed by atoms with Crippen molar-refractivity contribution in [3.63, 3.8) is 0 Å². The maximum Gasteiger partial charge on any atom is 0.317 e. The van der Waals surface area contributed by atoms with E-state index >= 15 is 0 Å². The summed E-state index contributed by atoms with van der Waals surface area (Å²) in [5.74, 6) is 0.303. The zero-order valence-corrected chi connectivity index (χ0v) is 9.44. The summed E-state index contributed by atoms with van der Waals surface area (Å²) in [5.41, 5.74) is 0. The summed E-state index contributed by atoms with van der Waals surface area (Å²) in [4.78, 5) is 11.1. The summed E-state index contributed by atoms with van der Waals surface area (Å²) in [6.07, 6.45) is 2.42. The van der Waals surface area contributed by atoms with Crippen LogP contribution in [0.4, 0.5) is 0 Å². The number of hydrogen-bond acceptors (Lipinski definition) is 5. The number of rotatable bonds is 4. The molecule has 0 spiro atoms. The summed E-state index contributed by atoms with van der Waals surface area (Å²) >= 11 is 1.56. The van der Waals surface area contributed by atoms with Crippen LogP contribution in [-0.2, 0) is 9.53 Å². The standard InChI is InChI=1S/C9H18N2O2S/c1-2-13-9(12)7-14-11-6-4-3-5-10-8-11/h10H,2-8H2,1H3. The molecule has 0 atom stereocenters. The van der Waals surface area contributed by atoms with Gasteiger partial charge in [0.05, 0.1) is 13.3 Å². The molecule has 1 heterocycles. The van der Waals surface area contributed by atoms with Crippen LogP contribution < -0.4 is 5.32 Å². The van der Waals surface area contributed by atoms with Gasteiger partial charge in [-0.1, -0.05) is 11.9 Å². The number of nitrogens with one attached hydrogen (secondary N) is 1. The minimum Gasteiger partial charge on any atom is -0.465 e. The zero-order valence-electron chi connectivity index (χ0n) is 8.62. The van der Waals surface area contributed by atoms with E-state index in [1.807, 2.05) is 6.92 Å². The van der Waals surface area contributed by atoms with Gasteiger partial charge in [0, 0.05) is 6.54 Å². The highest BCUT2D eigenvalue weighted by Crippen LogP contribution is 2.12. The molecule has 1 N–H and O–H groups in total. The van der Waals surface area contributed by atoms with Crippen molar-refractivity contribution in [2.45, 2.75) is 19.8 Å². The lowest BCUT2D eigenvalue weighted by Gasteiger charge is -2.17. The van der Waals surface area contributed by atoms with Crippen LogP contribution in [-0.4, -0.2) is 42.4 Å². The molecule has 1 fully saturated rings. The van der Waals surface area contributed by atoms with Crippen LogP contribution in [0.2, 0.25) is 0 Å².